The number of rotatable bonds is 12. The number of guanidine groups is 1. The minimum Gasteiger partial charge on any atom is -0.384 e. The lowest BCUT2D eigenvalue weighted by Crippen LogP contribution is -2.24. The molecule has 0 saturated heterocycles. The molecule has 0 saturated carbocycles. The maximum Gasteiger partial charge on any atom is 0.229 e. The number of aliphatic imine (C=N–C) groups is 1. The molecular formula is C26H33N11. The van der Waals surface area contributed by atoms with E-state index in [0.717, 1.165) is 31.4 Å². The van der Waals surface area contributed by atoms with Crippen LogP contribution in [0, 0.1) is 0 Å². The first-order chi connectivity index (χ1) is 18.2. The van der Waals surface area contributed by atoms with Gasteiger partial charge in [-0.15, -0.1) is 0 Å². The van der Waals surface area contributed by atoms with E-state index < -0.39 is 0 Å². The van der Waals surface area contributed by atoms with Crippen LogP contribution < -0.4 is 32.7 Å². The molecule has 9 N–H and O–H groups in total. The first kappa shape index (κ1) is 24.2. The van der Waals surface area contributed by atoms with E-state index in [-0.39, 0.29) is 5.96 Å². The lowest BCUT2D eigenvalue weighted by Gasteiger charge is -2.13. The minimum absolute atomic E-state index is 0.0578. The fourth-order valence-corrected chi connectivity index (χ4v) is 4.59. The molecule has 3 heterocycles. The number of fused-ring (bicyclic) bond motifs is 2. The van der Waals surface area contributed by atoms with Crippen molar-refractivity contribution in [3.63, 3.8) is 0 Å². The Labute approximate surface area is 215 Å². The first-order valence-corrected chi connectivity index (χ1v) is 12.6. The van der Waals surface area contributed by atoms with Gasteiger partial charge in [0.2, 0.25) is 17.8 Å². The van der Waals surface area contributed by atoms with Gasteiger partial charge in [0.1, 0.15) is 0 Å². The van der Waals surface area contributed by atoms with Gasteiger partial charge in [-0.2, -0.15) is 15.0 Å². The van der Waals surface area contributed by atoms with Gasteiger partial charge < -0.3 is 37.7 Å². The van der Waals surface area contributed by atoms with Crippen molar-refractivity contribution in [3.8, 4) is 0 Å². The van der Waals surface area contributed by atoms with Gasteiger partial charge in [0, 0.05) is 54.9 Å². The van der Waals surface area contributed by atoms with Gasteiger partial charge >= 0.3 is 0 Å². The van der Waals surface area contributed by atoms with Crippen molar-refractivity contribution < 1.29 is 0 Å². The molecule has 2 aromatic carbocycles. The standard InChI is InChI=1S/C26H33N11/c27-23(28)29-13-14-32-26-36-24(30-11-9-17-15-33-21-7-3-1-5-19(17)21)35-25(37-26)31-12-10-18-16-34-22-8-4-2-6-20(18)22/h1-8,15,18,33-34H,9-14,16H2,(H4,27,28,29)(H3,30,31,32,35,36,37). The van der Waals surface area contributed by atoms with E-state index >= 15 is 0 Å². The van der Waals surface area contributed by atoms with Crippen LogP contribution in [0.3, 0.4) is 0 Å². The van der Waals surface area contributed by atoms with Crippen molar-refractivity contribution in [2.24, 2.45) is 16.5 Å². The highest BCUT2D eigenvalue weighted by molar-refractivity contribution is 5.83. The van der Waals surface area contributed by atoms with E-state index in [1.165, 1.54) is 22.2 Å². The van der Waals surface area contributed by atoms with Crippen LogP contribution in [0.1, 0.15) is 23.5 Å². The molecule has 0 bridgehead atoms. The summed E-state index contributed by atoms with van der Waals surface area (Å²) in [6.07, 6.45) is 3.85. The number of aromatic nitrogens is 4. The van der Waals surface area contributed by atoms with E-state index in [2.05, 4.69) is 94.9 Å². The SMILES string of the molecule is NC(N)=NCCNc1nc(NCCc2c[nH]c3ccccc23)nc(NCCC2CNc3ccccc32)n1. The molecule has 0 fully saturated rings. The van der Waals surface area contributed by atoms with Gasteiger partial charge in [-0.05, 0) is 36.1 Å². The maximum absolute atomic E-state index is 5.42. The molecule has 1 aliphatic heterocycles. The summed E-state index contributed by atoms with van der Waals surface area (Å²) in [6.45, 7) is 3.29. The van der Waals surface area contributed by atoms with Crippen LogP contribution in [0.15, 0.2) is 59.7 Å². The molecule has 4 aromatic rings. The number of nitrogens with one attached hydrogen (secondary N) is 5. The Morgan fingerprint density at radius 3 is 2.41 bits per heavy atom. The zero-order valence-electron chi connectivity index (χ0n) is 20.7. The van der Waals surface area contributed by atoms with Crippen molar-refractivity contribution >= 4 is 40.4 Å². The van der Waals surface area contributed by atoms with Crippen molar-refractivity contribution in [1.29, 1.82) is 0 Å². The molecular weight excluding hydrogens is 466 g/mol. The summed E-state index contributed by atoms with van der Waals surface area (Å²) >= 11 is 0. The average molecular weight is 500 g/mol. The van der Waals surface area contributed by atoms with Crippen molar-refractivity contribution in [2.45, 2.75) is 18.8 Å². The predicted molar refractivity (Wildman–Crippen MR) is 150 cm³/mol. The summed E-state index contributed by atoms with van der Waals surface area (Å²) in [7, 11) is 0. The molecule has 0 aliphatic carbocycles. The second-order valence-corrected chi connectivity index (χ2v) is 8.96. The Morgan fingerprint density at radius 1 is 0.892 bits per heavy atom. The third-order valence-corrected chi connectivity index (χ3v) is 6.39. The Kier molecular flexibility index (Phi) is 7.49. The van der Waals surface area contributed by atoms with Crippen LogP contribution in [0.5, 0.6) is 0 Å². The molecule has 0 radical (unpaired) electrons. The number of para-hydroxylation sites is 2. The third-order valence-electron chi connectivity index (χ3n) is 6.39. The number of hydrogen-bond acceptors (Lipinski definition) is 8. The maximum atomic E-state index is 5.42. The molecule has 1 atom stereocenters. The molecule has 192 valence electrons. The zero-order valence-corrected chi connectivity index (χ0v) is 20.7. The van der Waals surface area contributed by atoms with E-state index in [1.807, 2.05) is 6.07 Å². The van der Waals surface area contributed by atoms with Crippen LogP contribution in [0.2, 0.25) is 0 Å². The number of anilines is 4. The Hall–Kier alpha value is -4.54. The molecule has 37 heavy (non-hydrogen) atoms. The van der Waals surface area contributed by atoms with E-state index in [1.54, 1.807) is 0 Å². The van der Waals surface area contributed by atoms with Crippen LogP contribution in [-0.4, -0.2) is 58.6 Å². The number of aromatic amines is 1. The molecule has 0 spiro atoms. The summed E-state index contributed by atoms with van der Waals surface area (Å²) < 4.78 is 0. The number of H-pyrrole nitrogens is 1. The molecule has 1 aliphatic rings. The quantitative estimate of drug-likeness (QED) is 0.0880. The fourth-order valence-electron chi connectivity index (χ4n) is 4.59. The highest BCUT2D eigenvalue weighted by Gasteiger charge is 2.21. The van der Waals surface area contributed by atoms with Crippen LogP contribution >= 0.6 is 0 Å². The number of nitrogens with two attached hydrogens (primary N) is 2. The number of nitrogens with zero attached hydrogens (tertiary/aromatic N) is 4. The molecule has 5 rings (SSSR count). The van der Waals surface area contributed by atoms with Gasteiger partial charge in [0.15, 0.2) is 5.96 Å². The molecule has 11 nitrogen and oxygen atoms in total. The summed E-state index contributed by atoms with van der Waals surface area (Å²) in [5.41, 5.74) is 15.8. The number of hydrogen-bond donors (Lipinski definition) is 7. The van der Waals surface area contributed by atoms with Gasteiger partial charge in [0.05, 0.1) is 6.54 Å². The monoisotopic (exact) mass is 499 g/mol. The second-order valence-electron chi connectivity index (χ2n) is 8.96. The summed E-state index contributed by atoms with van der Waals surface area (Å²) in [4.78, 5) is 21.0. The summed E-state index contributed by atoms with van der Waals surface area (Å²) in [5, 5.41) is 14.6. The molecule has 1 unspecified atom stereocenters. The Morgan fingerprint density at radius 2 is 1.59 bits per heavy atom. The molecule has 2 aromatic heterocycles. The lowest BCUT2D eigenvalue weighted by molar-refractivity contribution is 0.698. The van der Waals surface area contributed by atoms with Crippen LogP contribution in [0.4, 0.5) is 23.5 Å². The third kappa shape index (κ3) is 6.18. The fraction of sp³-hybridized carbons (Fsp3) is 0.308. The van der Waals surface area contributed by atoms with Gasteiger partial charge in [-0.25, -0.2) is 0 Å². The van der Waals surface area contributed by atoms with Crippen LogP contribution in [-0.2, 0) is 6.42 Å². The summed E-state index contributed by atoms with van der Waals surface area (Å²) in [5.74, 6) is 2.01. The average Bonchev–Trinajstić information content (AvgIpc) is 3.51. The van der Waals surface area contributed by atoms with Gasteiger partial charge in [-0.3, -0.25) is 4.99 Å². The minimum atomic E-state index is 0.0578. The lowest BCUT2D eigenvalue weighted by atomic mass is 9.98. The van der Waals surface area contributed by atoms with E-state index in [0.29, 0.717) is 43.4 Å². The largest absolute Gasteiger partial charge is 0.384 e. The highest BCUT2D eigenvalue weighted by atomic mass is 15.3. The molecule has 0 amide bonds. The normalized spacial score (nSPS) is 14.1. The van der Waals surface area contributed by atoms with Crippen LogP contribution in [0.25, 0.3) is 10.9 Å². The second kappa shape index (κ2) is 11.5. The topological polar surface area (TPSA) is 167 Å². The first-order valence-electron chi connectivity index (χ1n) is 12.6. The van der Waals surface area contributed by atoms with Gasteiger partial charge in [-0.1, -0.05) is 36.4 Å². The van der Waals surface area contributed by atoms with Crippen molar-refractivity contribution in [1.82, 2.24) is 19.9 Å². The number of benzene rings is 2. The van der Waals surface area contributed by atoms with Crippen molar-refractivity contribution in [2.75, 3.05) is 54.0 Å². The molecule has 11 heteroatoms. The smallest absolute Gasteiger partial charge is 0.229 e. The summed E-state index contributed by atoms with van der Waals surface area (Å²) in [6, 6.07) is 16.8. The Bertz CT molecular complexity index is 1360. The predicted octanol–water partition coefficient (Wildman–Crippen LogP) is 2.70. The highest BCUT2D eigenvalue weighted by Crippen LogP contribution is 2.33. The van der Waals surface area contributed by atoms with Crippen molar-refractivity contribution in [3.05, 3.63) is 65.9 Å². The van der Waals surface area contributed by atoms with E-state index in [4.69, 9.17) is 11.5 Å². The Balaban J connectivity index is 1.21. The zero-order chi connectivity index (χ0) is 25.5. The van der Waals surface area contributed by atoms with Gasteiger partial charge in [0.25, 0.3) is 0 Å². The van der Waals surface area contributed by atoms with E-state index in [9.17, 15) is 0 Å².